The monoisotopic (exact) mass is 303 g/mol. The van der Waals surface area contributed by atoms with Gasteiger partial charge in [-0.15, -0.1) is 0 Å². The Bertz CT molecular complexity index is 486. The first-order valence-electron chi connectivity index (χ1n) is 6.73. The van der Waals surface area contributed by atoms with Crippen LogP contribution in [0.1, 0.15) is 36.2 Å². The quantitative estimate of drug-likeness (QED) is 0.720. The second-order valence-corrected chi connectivity index (χ2v) is 4.91. The van der Waals surface area contributed by atoms with Gasteiger partial charge in [0.1, 0.15) is 5.75 Å². The van der Waals surface area contributed by atoms with E-state index in [9.17, 15) is 18.0 Å². The van der Waals surface area contributed by atoms with Crippen LogP contribution in [0.15, 0.2) is 18.2 Å². The highest BCUT2D eigenvalue weighted by molar-refractivity contribution is 5.94. The summed E-state index contributed by atoms with van der Waals surface area (Å²) in [4.78, 5) is 12.7. The highest BCUT2D eigenvalue weighted by Crippen LogP contribution is 2.24. The Morgan fingerprint density at radius 1 is 1.33 bits per heavy atom. The zero-order chi connectivity index (χ0) is 16.0. The molecule has 1 aromatic rings. The van der Waals surface area contributed by atoms with E-state index in [1.165, 1.54) is 18.9 Å². The van der Waals surface area contributed by atoms with Crippen molar-refractivity contribution in [3.63, 3.8) is 0 Å². The molecule has 6 heteroatoms. The Balaban J connectivity index is 3.00. The molecule has 0 aliphatic carbocycles. The lowest BCUT2D eigenvalue weighted by Crippen LogP contribution is -2.34. The van der Waals surface area contributed by atoms with Crippen molar-refractivity contribution in [1.29, 1.82) is 0 Å². The SMILES string of the molecule is CCCN(Cc1cc(C(C)=O)ccc1OC)CC(F)(F)F. The van der Waals surface area contributed by atoms with E-state index >= 15 is 0 Å². The van der Waals surface area contributed by atoms with Crippen molar-refractivity contribution in [2.24, 2.45) is 0 Å². The lowest BCUT2D eigenvalue weighted by Gasteiger charge is -2.24. The van der Waals surface area contributed by atoms with Crippen molar-refractivity contribution in [3.8, 4) is 5.75 Å². The first kappa shape index (κ1) is 17.5. The summed E-state index contributed by atoms with van der Waals surface area (Å²) >= 11 is 0. The molecule has 1 aromatic carbocycles. The van der Waals surface area contributed by atoms with Crippen LogP contribution < -0.4 is 4.74 Å². The largest absolute Gasteiger partial charge is 0.496 e. The van der Waals surface area contributed by atoms with Crippen LogP contribution in [0.5, 0.6) is 5.75 Å². The Labute approximate surface area is 122 Å². The summed E-state index contributed by atoms with van der Waals surface area (Å²) in [5.74, 6) is 0.361. The summed E-state index contributed by atoms with van der Waals surface area (Å²) in [6, 6.07) is 4.82. The minimum Gasteiger partial charge on any atom is -0.496 e. The van der Waals surface area contributed by atoms with Crippen molar-refractivity contribution in [3.05, 3.63) is 29.3 Å². The Morgan fingerprint density at radius 2 is 2.00 bits per heavy atom. The Kier molecular flexibility index (Phi) is 6.20. The van der Waals surface area contributed by atoms with E-state index in [0.717, 1.165) is 0 Å². The smallest absolute Gasteiger partial charge is 0.401 e. The van der Waals surface area contributed by atoms with Gasteiger partial charge in [-0.2, -0.15) is 13.2 Å². The van der Waals surface area contributed by atoms with Gasteiger partial charge in [-0.25, -0.2) is 0 Å². The molecule has 0 aliphatic rings. The van der Waals surface area contributed by atoms with Gasteiger partial charge in [0.15, 0.2) is 5.78 Å². The third-order valence-electron chi connectivity index (χ3n) is 3.02. The molecule has 0 saturated heterocycles. The van der Waals surface area contributed by atoms with Crippen LogP contribution in [-0.4, -0.2) is 37.1 Å². The lowest BCUT2D eigenvalue weighted by atomic mass is 10.1. The second-order valence-electron chi connectivity index (χ2n) is 4.91. The average molecular weight is 303 g/mol. The molecule has 0 fully saturated rings. The number of rotatable bonds is 7. The van der Waals surface area contributed by atoms with Crippen molar-refractivity contribution < 1.29 is 22.7 Å². The third kappa shape index (κ3) is 5.75. The number of benzene rings is 1. The van der Waals surface area contributed by atoms with E-state index in [1.54, 1.807) is 18.2 Å². The molecule has 0 atom stereocenters. The van der Waals surface area contributed by atoms with Gasteiger partial charge in [0.05, 0.1) is 13.7 Å². The van der Waals surface area contributed by atoms with Crippen LogP contribution in [0, 0.1) is 0 Å². The van der Waals surface area contributed by atoms with Gasteiger partial charge in [-0.1, -0.05) is 6.92 Å². The third-order valence-corrected chi connectivity index (χ3v) is 3.02. The van der Waals surface area contributed by atoms with Gasteiger partial charge in [0.2, 0.25) is 0 Å². The summed E-state index contributed by atoms with van der Waals surface area (Å²) < 4.78 is 43.0. The Morgan fingerprint density at radius 3 is 2.48 bits per heavy atom. The Hall–Kier alpha value is -1.56. The number of carbonyl (C=O) groups excluding carboxylic acids is 1. The van der Waals surface area contributed by atoms with Gasteiger partial charge in [0.25, 0.3) is 0 Å². The predicted molar refractivity (Wildman–Crippen MR) is 74.6 cm³/mol. The molecule has 0 bridgehead atoms. The van der Waals surface area contributed by atoms with Crippen molar-refractivity contribution >= 4 is 5.78 Å². The summed E-state index contributed by atoms with van der Waals surface area (Å²) in [7, 11) is 1.46. The number of ketones is 1. The van der Waals surface area contributed by atoms with Crippen molar-refractivity contribution in [2.45, 2.75) is 33.0 Å². The minimum absolute atomic E-state index is 0.0949. The van der Waals surface area contributed by atoms with Crippen LogP contribution >= 0.6 is 0 Å². The van der Waals surface area contributed by atoms with E-state index in [2.05, 4.69) is 0 Å². The molecular weight excluding hydrogens is 283 g/mol. The van der Waals surface area contributed by atoms with Crippen molar-refractivity contribution in [1.82, 2.24) is 4.90 Å². The summed E-state index contributed by atoms with van der Waals surface area (Å²) in [5.41, 5.74) is 1.05. The molecule has 118 valence electrons. The first-order valence-corrected chi connectivity index (χ1v) is 6.73. The van der Waals surface area contributed by atoms with E-state index in [1.807, 2.05) is 6.92 Å². The molecule has 0 aromatic heterocycles. The molecule has 0 radical (unpaired) electrons. The average Bonchev–Trinajstić information content (AvgIpc) is 2.36. The van der Waals surface area contributed by atoms with Crippen LogP contribution in [-0.2, 0) is 6.54 Å². The van der Waals surface area contributed by atoms with Gasteiger partial charge >= 0.3 is 6.18 Å². The van der Waals surface area contributed by atoms with E-state index in [4.69, 9.17) is 4.74 Å². The van der Waals surface area contributed by atoms with E-state index in [-0.39, 0.29) is 12.3 Å². The number of alkyl halides is 3. The molecule has 0 heterocycles. The highest BCUT2D eigenvalue weighted by atomic mass is 19.4. The number of halogens is 3. The molecular formula is C15H20F3NO2. The molecule has 0 unspecified atom stereocenters. The number of Topliss-reactive ketones (excluding diaryl/α,β-unsaturated/α-hetero) is 1. The molecule has 3 nitrogen and oxygen atoms in total. The summed E-state index contributed by atoms with van der Waals surface area (Å²) in [5, 5.41) is 0. The maximum absolute atomic E-state index is 12.6. The standard InChI is InChI=1S/C15H20F3NO2/c1-4-7-19(10-15(16,17)18)9-13-8-12(11(2)20)5-6-14(13)21-3/h5-6,8H,4,7,9-10H2,1-3H3. The fourth-order valence-electron chi connectivity index (χ4n) is 2.15. The van der Waals surface area contributed by atoms with Crippen LogP contribution in [0.3, 0.4) is 0 Å². The number of nitrogens with zero attached hydrogens (tertiary/aromatic N) is 1. The number of ether oxygens (including phenoxy) is 1. The van der Waals surface area contributed by atoms with E-state index in [0.29, 0.717) is 29.8 Å². The molecule has 1 rings (SSSR count). The first-order chi connectivity index (χ1) is 9.76. The zero-order valence-corrected chi connectivity index (χ0v) is 12.5. The molecule has 21 heavy (non-hydrogen) atoms. The highest BCUT2D eigenvalue weighted by Gasteiger charge is 2.30. The molecule has 0 amide bonds. The van der Waals surface area contributed by atoms with Crippen LogP contribution in [0.4, 0.5) is 13.2 Å². The topological polar surface area (TPSA) is 29.5 Å². The number of carbonyl (C=O) groups is 1. The van der Waals surface area contributed by atoms with Crippen molar-refractivity contribution in [2.75, 3.05) is 20.2 Å². The summed E-state index contributed by atoms with van der Waals surface area (Å²) in [6.07, 6.45) is -3.63. The fraction of sp³-hybridized carbons (Fsp3) is 0.533. The lowest BCUT2D eigenvalue weighted by molar-refractivity contribution is -0.147. The zero-order valence-electron chi connectivity index (χ0n) is 12.5. The number of hydrogen-bond acceptors (Lipinski definition) is 3. The molecule has 0 N–H and O–H groups in total. The second kappa shape index (κ2) is 7.45. The molecule has 0 saturated carbocycles. The predicted octanol–water partition coefficient (Wildman–Crippen LogP) is 3.67. The number of methoxy groups -OCH3 is 1. The van der Waals surface area contributed by atoms with Gasteiger partial charge in [-0.3, -0.25) is 9.69 Å². The molecule has 0 aliphatic heterocycles. The van der Waals surface area contributed by atoms with Crippen LogP contribution in [0.25, 0.3) is 0 Å². The van der Waals surface area contributed by atoms with Gasteiger partial charge in [-0.05, 0) is 38.1 Å². The maximum Gasteiger partial charge on any atom is 0.401 e. The number of hydrogen-bond donors (Lipinski definition) is 0. The van der Waals surface area contributed by atoms with Crippen LogP contribution in [0.2, 0.25) is 0 Å². The maximum atomic E-state index is 12.6. The van der Waals surface area contributed by atoms with E-state index < -0.39 is 12.7 Å². The van der Waals surface area contributed by atoms with Gasteiger partial charge in [0, 0.05) is 17.7 Å². The normalized spacial score (nSPS) is 11.8. The molecule has 0 spiro atoms. The fourth-order valence-corrected chi connectivity index (χ4v) is 2.15. The minimum atomic E-state index is -4.25. The summed E-state index contributed by atoms with van der Waals surface area (Å²) in [6.45, 7) is 2.69. The van der Waals surface area contributed by atoms with Gasteiger partial charge < -0.3 is 4.74 Å².